The zero-order chi connectivity index (χ0) is 14.4. The third-order valence-electron chi connectivity index (χ3n) is 3.49. The molecule has 2 N–H and O–H groups in total. The monoisotopic (exact) mass is 271 g/mol. The van der Waals surface area contributed by atoms with E-state index in [1.807, 2.05) is 30.3 Å². The summed E-state index contributed by atoms with van der Waals surface area (Å²) in [5.74, 6) is 2.00. The number of para-hydroxylation sites is 1. The highest BCUT2D eigenvalue weighted by Crippen LogP contribution is 2.34. The second-order valence-electron chi connectivity index (χ2n) is 4.65. The molecule has 2 rings (SSSR count). The van der Waals surface area contributed by atoms with Crippen LogP contribution < -0.4 is 15.2 Å². The Balaban J connectivity index is 2.39. The van der Waals surface area contributed by atoms with Gasteiger partial charge in [-0.05, 0) is 36.7 Å². The van der Waals surface area contributed by atoms with E-state index in [0.717, 1.165) is 17.9 Å². The minimum atomic E-state index is 0.238. The summed E-state index contributed by atoms with van der Waals surface area (Å²) in [6, 6.07) is 16.2. The molecule has 106 valence electrons. The van der Waals surface area contributed by atoms with Crippen molar-refractivity contribution >= 4 is 0 Å². The first-order valence-corrected chi connectivity index (χ1v) is 6.77. The third-order valence-corrected chi connectivity index (χ3v) is 3.49. The van der Waals surface area contributed by atoms with E-state index >= 15 is 0 Å². The summed E-state index contributed by atoms with van der Waals surface area (Å²) in [6.45, 7) is 0.634. The van der Waals surface area contributed by atoms with Crippen molar-refractivity contribution in [3.8, 4) is 11.5 Å². The van der Waals surface area contributed by atoms with Crippen molar-refractivity contribution in [3.63, 3.8) is 0 Å². The van der Waals surface area contributed by atoms with Crippen molar-refractivity contribution in [2.24, 2.45) is 5.73 Å². The molecule has 3 nitrogen and oxygen atoms in total. The van der Waals surface area contributed by atoms with Crippen LogP contribution in [0, 0.1) is 0 Å². The SMILES string of the molecule is COc1ccc([C@@H](CCN)c2ccccc2OC)cc1. The van der Waals surface area contributed by atoms with Gasteiger partial charge in [-0.3, -0.25) is 0 Å². The number of methoxy groups -OCH3 is 2. The fourth-order valence-corrected chi connectivity index (χ4v) is 2.46. The van der Waals surface area contributed by atoms with Crippen LogP contribution in [0.1, 0.15) is 23.5 Å². The molecule has 0 saturated carbocycles. The Morgan fingerprint density at radius 2 is 1.65 bits per heavy atom. The minimum Gasteiger partial charge on any atom is -0.497 e. The van der Waals surface area contributed by atoms with E-state index in [-0.39, 0.29) is 5.92 Å². The average Bonchev–Trinajstić information content (AvgIpc) is 2.53. The molecule has 0 heterocycles. The third kappa shape index (κ3) is 3.11. The maximum absolute atomic E-state index is 5.79. The standard InChI is InChI=1S/C17H21NO2/c1-19-14-9-7-13(8-10-14)15(11-12-18)16-5-3-4-6-17(16)20-2/h3-10,15H,11-12,18H2,1-2H3/t15-/m1/s1. The molecule has 0 saturated heterocycles. The normalized spacial score (nSPS) is 11.9. The highest BCUT2D eigenvalue weighted by molar-refractivity contribution is 5.43. The zero-order valence-corrected chi connectivity index (χ0v) is 12.0. The van der Waals surface area contributed by atoms with Gasteiger partial charge < -0.3 is 15.2 Å². The number of hydrogen-bond acceptors (Lipinski definition) is 3. The summed E-state index contributed by atoms with van der Waals surface area (Å²) in [4.78, 5) is 0. The summed E-state index contributed by atoms with van der Waals surface area (Å²) < 4.78 is 10.7. The molecule has 0 radical (unpaired) electrons. The van der Waals surface area contributed by atoms with Crippen molar-refractivity contribution in [1.82, 2.24) is 0 Å². The fourth-order valence-electron chi connectivity index (χ4n) is 2.46. The first-order chi connectivity index (χ1) is 9.80. The van der Waals surface area contributed by atoms with Gasteiger partial charge in [-0.15, -0.1) is 0 Å². The van der Waals surface area contributed by atoms with Gasteiger partial charge in [-0.25, -0.2) is 0 Å². The Labute approximate surface area is 120 Å². The lowest BCUT2D eigenvalue weighted by atomic mass is 9.88. The molecular weight excluding hydrogens is 250 g/mol. The van der Waals surface area contributed by atoms with Crippen LogP contribution in [0.2, 0.25) is 0 Å². The van der Waals surface area contributed by atoms with E-state index in [1.54, 1.807) is 14.2 Å². The van der Waals surface area contributed by atoms with Crippen LogP contribution in [-0.2, 0) is 0 Å². The maximum atomic E-state index is 5.79. The Morgan fingerprint density at radius 1 is 0.950 bits per heavy atom. The summed E-state index contributed by atoms with van der Waals surface area (Å²) in [7, 11) is 3.37. The largest absolute Gasteiger partial charge is 0.497 e. The second kappa shape index (κ2) is 6.96. The second-order valence-corrected chi connectivity index (χ2v) is 4.65. The van der Waals surface area contributed by atoms with Gasteiger partial charge in [0.15, 0.2) is 0 Å². The van der Waals surface area contributed by atoms with Crippen molar-refractivity contribution in [2.75, 3.05) is 20.8 Å². The summed E-state index contributed by atoms with van der Waals surface area (Å²) >= 11 is 0. The average molecular weight is 271 g/mol. The highest BCUT2D eigenvalue weighted by atomic mass is 16.5. The summed E-state index contributed by atoms with van der Waals surface area (Å²) in [5.41, 5.74) is 8.18. The van der Waals surface area contributed by atoms with Gasteiger partial charge in [0.25, 0.3) is 0 Å². The first kappa shape index (κ1) is 14.4. The Morgan fingerprint density at radius 3 is 2.25 bits per heavy atom. The van der Waals surface area contributed by atoms with Crippen LogP contribution in [0.5, 0.6) is 11.5 Å². The molecular formula is C17H21NO2. The van der Waals surface area contributed by atoms with E-state index in [9.17, 15) is 0 Å². The number of hydrogen-bond donors (Lipinski definition) is 1. The Hall–Kier alpha value is -2.00. The molecule has 20 heavy (non-hydrogen) atoms. The molecule has 0 fully saturated rings. The lowest BCUT2D eigenvalue weighted by Crippen LogP contribution is -2.10. The van der Waals surface area contributed by atoms with E-state index in [4.69, 9.17) is 15.2 Å². The first-order valence-electron chi connectivity index (χ1n) is 6.77. The van der Waals surface area contributed by atoms with E-state index in [2.05, 4.69) is 18.2 Å². The summed E-state index contributed by atoms with van der Waals surface area (Å²) in [6.07, 6.45) is 0.882. The van der Waals surface area contributed by atoms with Crippen LogP contribution in [0.25, 0.3) is 0 Å². The smallest absolute Gasteiger partial charge is 0.122 e. The molecule has 1 atom stereocenters. The van der Waals surface area contributed by atoms with Gasteiger partial charge in [0.2, 0.25) is 0 Å². The van der Waals surface area contributed by atoms with Gasteiger partial charge in [-0.2, -0.15) is 0 Å². The molecule has 0 amide bonds. The molecule has 0 spiro atoms. The Kier molecular flexibility index (Phi) is 5.02. The molecule has 0 aliphatic heterocycles. The molecule has 0 aliphatic rings. The number of rotatable bonds is 6. The van der Waals surface area contributed by atoms with Gasteiger partial charge in [0.1, 0.15) is 11.5 Å². The van der Waals surface area contributed by atoms with Crippen LogP contribution in [0.15, 0.2) is 48.5 Å². The van der Waals surface area contributed by atoms with Gasteiger partial charge >= 0.3 is 0 Å². The van der Waals surface area contributed by atoms with Crippen LogP contribution in [0.3, 0.4) is 0 Å². The molecule has 0 unspecified atom stereocenters. The highest BCUT2D eigenvalue weighted by Gasteiger charge is 2.17. The molecule has 0 bridgehead atoms. The van der Waals surface area contributed by atoms with Crippen molar-refractivity contribution in [3.05, 3.63) is 59.7 Å². The molecule has 0 aromatic heterocycles. The number of ether oxygens (including phenoxy) is 2. The van der Waals surface area contributed by atoms with Crippen molar-refractivity contribution < 1.29 is 9.47 Å². The quantitative estimate of drug-likeness (QED) is 0.877. The predicted molar refractivity (Wildman–Crippen MR) is 81.5 cm³/mol. The lowest BCUT2D eigenvalue weighted by molar-refractivity contribution is 0.406. The van der Waals surface area contributed by atoms with E-state index in [1.165, 1.54) is 11.1 Å². The molecule has 0 aliphatic carbocycles. The number of nitrogens with two attached hydrogens (primary N) is 1. The summed E-state index contributed by atoms with van der Waals surface area (Å²) in [5, 5.41) is 0. The van der Waals surface area contributed by atoms with Gasteiger partial charge in [0.05, 0.1) is 14.2 Å². The molecule has 2 aromatic carbocycles. The van der Waals surface area contributed by atoms with Gasteiger partial charge in [0, 0.05) is 11.5 Å². The predicted octanol–water partition coefficient (Wildman–Crippen LogP) is 3.18. The van der Waals surface area contributed by atoms with Crippen LogP contribution in [0.4, 0.5) is 0 Å². The fraction of sp³-hybridized carbons (Fsp3) is 0.294. The molecule has 2 aromatic rings. The minimum absolute atomic E-state index is 0.238. The Bertz CT molecular complexity index is 537. The maximum Gasteiger partial charge on any atom is 0.122 e. The number of benzene rings is 2. The zero-order valence-electron chi connectivity index (χ0n) is 12.0. The molecule has 3 heteroatoms. The van der Waals surface area contributed by atoms with Crippen molar-refractivity contribution in [2.45, 2.75) is 12.3 Å². The van der Waals surface area contributed by atoms with E-state index < -0.39 is 0 Å². The van der Waals surface area contributed by atoms with Crippen LogP contribution in [-0.4, -0.2) is 20.8 Å². The van der Waals surface area contributed by atoms with Crippen molar-refractivity contribution in [1.29, 1.82) is 0 Å². The topological polar surface area (TPSA) is 44.5 Å². The van der Waals surface area contributed by atoms with Gasteiger partial charge in [-0.1, -0.05) is 30.3 Å². The lowest BCUT2D eigenvalue weighted by Gasteiger charge is -2.20. The van der Waals surface area contributed by atoms with E-state index in [0.29, 0.717) is 6.54 Å². The van der Waals surface area contributed by atoms with Crippen LogP contribution >= 0.6 is 0 Å².